The fourth-order valence-corrected chi connectivity index (χ4v) is 2.15. The second-order valence-corrected chi connectivity index (χ2v) is 4.47. The van der Waals surface area contributed by atoms with Crippen LogP contribution in [0.5, 0.6) is 0 Å². The van der Waals surface area contributed by atoms with Crippen LogP contribution < -0.4 is 10.6 Å². The van der Waals surface area contributed by atoms with Gasteiger partial charge in [0.1, 0.15) is 0 Å². The Balaban J connectivity index is 2.01. The molecule has 5 heteroatoms. The third kappa shape index (κ3) is 2.72. The Labute approximate surface area is 101 Å². The monoisotopic (exact) mass is 234 g/mol. The van der Waals surface area contributed by atoms with Crippen LogP contribution in [0, 0.1) is 5.92 Å². The topological polar surface area (TPSA) is 72.1 Å². The number of hydrogen-bond acceptors (Lipinski definition) is 4. The van der Waals surface area contributed by atoms with E-state index in [0.29, 0.717) is 11.5 Å². The summed E-state index contributed by atoms with van der Waals surface area (Å²) in [6, 6.07) is 0. The molecule has 0 radical (unpaired) electrons. The van der Waals surface area contributed by atoms with E-state index in [9.17, 15) is 4.79 Å². The molecule has 0 aliphatic carbocycles. The number of anilines is 1. The van der Waals surface area contributed by atoms with Gasteiger partial charge in [-0.3, -0.25) is 4.79 Å². The Morgan fingerprint density at radius 1 is 1.41 bits per heavy atom. The summed E-state index contributed by atoms with van der Waals surface area (Å²) in [7, 11) is 0. The number of amides is 1. The first kappa shape index (κ1) is 11.8. The van der Waals surface area contributed by atoms with Crippen LogP contribution in [-0.2, 0) is 0 Å². The standard InChI is InChI=1S/C12H18N4O/c1-2-9-3-5-16(6-4-9)12-14-7-10(8-15-12)11(13)17/h7-9H,2-6H2,1H3,(H2,13,17). The molecule has 0 spiro atoms. The molecule has 1 aromatic rings. The van der Waals surface area contributed by atoms with Gasteiger partial charge in [-0.2, -0.15) is 0 Å². The molecule has 0 aromatic carbocycles. The van der Waals surface area contributed by atoms with E-state index in [1.807, 2.05) is 0 Å². The van der Waals surface area contributed by atoms with Gasteiger partial charge in [0.05, 0.1) is 5.56 Å². The summed E-state index contributed by atoms with van der Waals surface area (Å²) in [5.74, 6) is 1.04. The highest BCUT2D eigenvalue weighted by Crippen LogP contribution is 2.22. The van der Waals surface area contributed by atoms with Crippen molar-refractivity contribution in [3.05, 3.63) is 18.0 Å². The van der Waals surface area contributed by atoms with Crippen molar-refractivity contribution in [3.8, 4) is 0 Å². The van der Waals surface area contributed by atoms with Gasteiger partial charge >= 0.3 is 0 Å². The Hall–Kier alpha value is -1.65. The molecular weight excluding hydrogens is 216 g/mol. The van der Waals surface area contributed by atoms with Crippen molar-refractivity contribution in [2.45, 2.75) is 26.2 Å². The minimum absolute atomic E-state index is 0.359. The Morgan fingerprint density at radius 3 is 2.47 bits per heavy atom. The highest BCUT2D eigenvalue weighted by atomic mass is 16.1. The van der Waals surface area contributed by atoms with Crippen molar-refractivity contribution < 1.29 is 4.79 Å². The van der Waals surface area contributed by atoms with Crippen LogP contribution in [0.15, 0.2) is 12.4 Å². The molecule has 92 valence electrons. The first-order valence-corrected chi connectivity index (χ1v) is 6.07. The van der Waals surface area contributed by atoms with E-state index in [1.165, 1.54) is 31.7 Å². The number of aromatic nitrogens is 2. The van der Waals surface area contributed by atoms with Crippen molar-refractivity contribution in [3.63, 3.8) is 0 Å². The molecule has 2 rings (SSSR count). The van der Waals surface area contributed by atoms with E-state index in [1.54, 1.807) is 0 Å². The highest BCUT2D eigenvalue weighted by Gasteiger charge is 2.19. The normalized spacial score (nSPS) is 17.1. The van der Waals surface area contributed by atoms with Gasteiger partial charge in [-0.25, -0.2) is 9.97 Å². The number of primary amides is 1. The third-order valence-corrected chi connectivity index (χ3v) is 3.40. The zero-order valence-electron chi connectivity index (χ0n) is 10.1. The molecular formula is C12H18N4O. The number of carbonyl (C=O) groups excluding carboxylic acids is 1. The molecule has 1 aliphatic heterocycles. The average Bonchev–Trinajstić information content (AvgIpc) is 2.39. The van der Waals surface area contributed by atoms with Gasteiger partial charge in [-0.15, -0.1) is 0 Å². The van der Waals surface area contributed by atoms with Crippen molar-refractivity contribution in [1.29, 1.82) is 0 Å². The maximum absolute atomic E-state index is 10.9. The maximum Gasteiger partial charge on any atom is 0.251 e. The minimum Gasteiger partial charge on any atom is -0.366 e. The molecule has 5 nitrogen and oxygen atoms in total. The summed E-state index contributed by atoms with van der Waals surface area (Å²) < 4.78 is 0. The fourth-order valence-electron chi connectivity index (χ4n) is 2.15. The summed E-state index contributed by atoms with van der Waals surface area (Å²) in [6.45, 7) is 4.22. The first-order chi connectivity index (χ1) is 8.20. The average molecular weight is 234 g/mol. The Bertz CT molecular complexity index is 382. The van der Waals surface area contributed by atoms with E-state index in [-0.39, 0.29) is 0 Å². The van der Waals surface area contributed by atoms with Crippen LogP contribution >= 0.6 is 0 Å². The van der Waals surface area contributed by atoms with E-state index in [2.05, 4.69) is 21.8 Å². The van der Waals surface area contributed by atoms with Crippen LogP contribution in [0.3, 0.4) is 0 Å². The maximum atomic E-state index is 10.9. The lowest BCUT2D eigenvalue weighted by molar-refractivity contribution is 0.0999. The van der Waals surface area contributed by atoms with Gasteiger partial charge in [0, 0.05) is 25.5 Å². The molecule has 1 amide bonds. The Kier molecular flexibility index (Phi) is 3.56. The molecule has 0 saturated carbocycles. The highest BCUT2D eigenvalue weighted by molar-refractivity contribution is 5.92. The van der Waals surface area contributed by atoms with Crippen molar-refractivity contribution in [2.24, 2.45) is 11.7 Å². The lowest BCUT2D eigenvalue weighted by atomic mass is 9.95. The lowest BCUT2D eigenvalue weighted by Crippen LogP contribution is -2.34. The molecule has 1 saturated heterocycles. The summed E-state index contributed by atoms with van der Waals surface area (Å²) >= 11 is 0. The lowest BCUT2D eigenvalue weighted by Gasteiger charge is -2.31. The second-order valence-electron chi connectivity index (χ2n) is 4.47. The number of nitrogens with zero attached hydrogens (tertiary/aromatic N) is 3. The smallest absolute Gasteiger partial charge is 0.251 e. The fraction of sp³-hybridized carbons (Fsp3) is 0.583. The zero-order chi connectivity index (χ0) is 12.3. The molecule has 0 atom stereocenters. The largest absolute Gasteiger partial charge is 0.366 e. The van der Waals surface area contributed by atoms with Crippen molar-refractivity contribution in [1.82, 2.24) is 9.97 Å². The van der Waals surface area contributed by atoms with Gasteiger partial charge in [0.2, 0.25) is 5.95 Å². The molecule has 0 unspecified atom stereocenters. The minimum atomic E-state index is -0.485. The SMILES string of the molecule is CCC1CCN(c2ncc(C(N)=O)cn2)CC1. The molecule has 2 N–H and O–H groups in total. The van der Waals surface area contributed by atoms with Crippen LogP contribution in [0.1, 0.15) is 36.5 Å². The molecule has 1 fully saturated rings. The van der Waals surface area contributed by atoms with Gasteiger partial charge in [-0.1, -0.05) is 13.3 Å². The summed E-state index contributed by atoms with van der Waals surface area (Å²) in [5, 5.41) is 0. The van der Waals surface area contributed by atoms with Gasteiger partial charge in [-0.05, 0) is 18.8 Å². The summed E-state index contributed by atoms with van der Waals surface area (Å²) in [4.78, 5) is 21.4. The molecule has 17 heavy (non-hydrogen) atoms. The van der Waals surface area contributed by atoms with Crippen molar-refractivity contribution >= 4 is 11.9 Å². The van der Waals surface area contributed by atoms with Gasteiger partial charge in [0.15, 0.2) is 0 Å². The zero-order valence-corrected chi connectivity index (χ0v) is 10.1. The molecule has 1 aromatic heterocycles. The number of piperidine rings is 1. The summed E-state index contributed by atoms with van der Waals surface area (Å²) in [5.41, 5.74) is 5.50. The van der Waals surface area contributed by atoms with Crippen LogP contribution in [0.2, 0.25) is 0 Å². The molecule has 2 heterocycles. The summed E-state index contributed by atoms with van der Waals surface area (Å²) in [6.07, 6.45) is 6.62. The third-order valence-electron chi connectivity index (χ3n) is 3.40. The first-order valence-electron chi connectivity index (χ1n) is 6.07. The molecule has 1 aliphatic rings. The quantitative estimate of drug-likeness (QED) is 0.853. The van der Waals surface area contributed by atoms with E-state index in [0.717, 1.165) is 19.0 Å². The van der Waals surface area contributed by atoms with Gasteiger partial charge < -0.3 is 10.6 Å². The number of nitrogens with two attached hydrogens (primary N) is 1. The van der Waals surface area contributed by atoms with E-state index < -0.39 is 5.91 Å². The number of rotatable bonds is 3. The van der Waals surface area contributed by atoms with Crippen LogP contribution in [0.25, 0.3) is 0 Å². The van der Waals surface area contributed by atoms with Crippen molar-refractivity contribution in [2.75, 3.05) is 18.0 Å². The Morgan fingerprint density at radius 2 is 2.00 bits per heavy atom. The second kappa shape index (κ2) is 5.12. The van der Waals surface area contributed by atoms with Crippen LogP contribution in [-0.4, -0.2) is 29.0 Å². The number of hydrogen-bond donors (Lipinski definition) is 1. The predicted molar refractivity (Wildman–Crippen MR) is 65.8 cm³/mol. The van der Waals surface area contributed by atoms with Gasteiger partial charge in [0.25, 0.3) is 5.91 Å². The van der Waals surface area contributed by atoms with E-state index >= 15 is 0 Å². The molecule has 0 bridgehead atoms. The van der Waals surface area contributed by atoms with Crippen LogP contribution in [0.4, 0.5) is 5.95 Å². The number of carbonyl (C=O) groups is 1. The van der Waals surface area contributed by atoms with E-state index in [4.69, 9.17) is 5.73 Å². The predicted octanol–water partition coefficient (Wildman–Crippen LogP) is 1.20.